The van der Waals surface area contributed by atoms with Crippen LogP contribution in [0.1, 0.15) is 19.4 Å². The molecule has 0 aromatic heterocycles. The molecule has 0 unspecified atom stereocenters. The predicted octanol–water partition coefficient (Wildman–Crippen LogP) is 3.56. The first-order valence-electron chi connectivity index (χ1n) is 4.61. The van der Waals surface area contributed by atoms with Crippen molar-refractivity contribution in [1.29, 1.82) is 0 Å². The van der Waals surface area contributed by atoms with Crippen LogP contribution < -0.4 is 0 Å². The van der Waals surface area contributed by atoms with Crippen LogP contribution >= 0.6 is 11.6 Å². The monoisotopic (exact) mass is 226 g/mol. The SMILES string of the molecule is CC(C)=CC(=O)Cc1cccc(Cl)c1F. The van der Waals surface area contributed by atoms with Crippen molar-refractivity contribution in [3.63, 3.8) is 0 Å². The van der Waals surface area contributed by atoms with Crippen molar-refractivity contribution in [3.8, 4) is 0 Å². The number of hydrogen-bond donors (Lipinski definition) is 0. The Labute approximate surface area is 93.6 Å². The van der Waals surface area contributed by atoms with Gasteiger partial charge < -0.3 is 0 Å². The van der Waals surface area contributed by atoms with Crippen molar-refractivity contribution in [2.75, 3.05) is 0 Å². The van der Waals surface area contributed by atoms with Gasteiger partial charge in [-0.15, -0.1) is 0 Å². The molecule has 0 radical (unpaired) electrons. The Morgan fingerprint density at radius 2 is 2.13 bits per heavy atom. The van der Waals surface area contributed by atoms with Crippen LogP contribution in [0.2, 0.25) is 5.02 Å². The van der Waals surface area contributed by atoms with Crippen molar-refractivity contribution in [2.45, 2.75) is 20.3 Å². The summed E-state index contributed by atoms with van der Waals surface area (Å²) in [5, 5.41) is 0.0532. The zero-order chi connectivity index (χ0) is 11.4. The third-order valence-corrected chi connectivity index (χ3v) is 2.14. The fraction of sp³-hybridized carbons (Fsp3) is 0.250. The van der Waals surface area contributed by atoms with E-state index >= 15 is 0 Å². The van der Waals surface area contributed by atoms with Crippen molar-refractivity contribution >= 4 is 17.4 Å². The average molecular weight is 227 g/mol. The van der Waals surface area contributed by atoms with Gasteiger partial charge in [0, 0.05) is 6.42 Å². The molecule has 1 aromatic carbocycles. The van der Waals surface area contributed by atoms with Crippen LogP contribution in [0.3, 0.4) is 0 Å². The number of halogens is 2. The molecule has 1 aromatic rings. The molecule has 0 N–H and O–H groups in total. The van der Waals surface area contributed by atoms with Gasteiger partial charge in [-0.2, -0.15) is 0 Å². The van der Waals surface area contributed by atoms with Crippen LogP contribution in [0, 0.1) is 5.82 Å². The second-order valence-corrected chi connectivity index (χ2v) is 3.98. The van der Waals surface area contributed by atoms with E-state index in [1.54, 1.807) is 12.1 Å². The first-order valence-corrected chi connectivity index (χ1v) is 4.99. The van der Waals surface area contributed by atoms with E-state index in [-0.39, 0.29) is 17.2 Å². The molecule has 0 bridgehead atoms. The molecule has 0 aliphatic heterocycles. The highest BCUT2D eigenvalue weighted by Crippen LogP contribution is 2.18. The summed E-state index contributed by atoms with van der Waals surface area (Å²) in [5.74, 6) is -0.620. The van der Waals surface area contributed by atoms with E-state index < -0.39 is 5.82 Å². The maximum absolute atomic E-state index is 13.4. The lowest BCUT2D eigenvalue weighted by Crippen LogP contribution is -2.01. The Morgan fingerprint density at radius 1 is 1.47 bits per heavy atom. The molecule has 0 aliphatic rings. The minimum Gasteiger partial charge on any atom is -0.294 e. The third kappa shape index (κ3) is 3.48. The zero-order valence-corrected chi connectivity index (χ0v) is 9.44. The third-order valence-electron chi connectivity index (χ3n) is 1.85. The number of ketones is 1. The Kier molecular flexibility index (Phi) is 4.04. The van der Waals surface area contributed by atoms with Gasteiger partial charge in [-0.3, -0.25) is 4.79 Å². The molecule has 0 atom stereocenters. The van der Waals surface area contributed by atoms with Crippen molar-refractivity contribution in [3.05, 3.63) is 46.3 Å². The van der Waals surface area contributed by atoms with Crippen LogP contribution in [0.25, 0.3) is 0 Å². The quantitative estimate of drug-likeness (QED) is 0.721. The van der Waals surface area contributed by atoms with Crippen LogP contribution in [0.5, 0.6) is 0 Å². The molecule has 1 nitrogen and oxygen atoms in total. The first-order chi connectivity index (χ1) is 7.00. The minimum atomic E-state index is -0.505. The molecule has 0 fully saturated rings. The van der Waals surface area contributed by atoms with E-state index in [0.717, 1.165) is 5.57 Å². The molecule has 0 aliphatic carbocycles. The van der Waals surface area contributed by atoms with E-state index in [4.69, 9.17) is 11.6 Å². The van der Waals surface area contributed by atoms with Gasteiger partial charge in [0.1, 0.15) is 5.82 Å². The van der Waals surface area contributed by atoms with Crippen molar-refractivity contribution < 1.29 is 9.18 Å². The van der Waals surface area contributed by atoms with Crippen molar-refractivity contribution in [2.24, 2.45) is 0 Å². The Balaban J connectivity index is 2.86. The molecular formula is C12H12ClFO. The summed E-state index contributed by atoms with van der Waals surface area (Å²) in [6.45, 7) is 3.65. The normalized spacial score (nSPS) is 9.87. The summed E-state index contributed by atoms with van der Waals surface area (Å²) in [4.78, 5) is 11.4. The Bertz CT molecular complexity index is 406. The van der Waals surface area contributed by atoms with Crippen molar-refractivity contribution in [1.82, 2.24) is 0 Å². The molecule has 80 valence electrons. The van der Waals surface area contributed by atoms with Gasteiger partial charge in [0.05, 0.1) is 5.02 Å². The second kappa shape index (κ2) is 5.08. The molecule has 3 heteroatoms. The zero-order valence-electron chi connectivity index (χ0n) is 8.68. The van der Waals surface area contributed by atoms with E-state index in [0.29, 0.717) is 5.56 Å². The number of rotatable bonds is 3. The summed E-state index contributed by atoms with van der Waals surface area (Å²) < 4.78 is 13.4. The molecule has 0 spiro atoms. The van der Waals surface area contributed by atoms with Gasteiger partial charge in [0.15, 0.2) is 5.78 Å². The highest BCUT2D eigenvalue weighted by molar-refractivity contribution is 6.30. The van der Waals surface area contributed by atoms with E-state index in [1.807, 2.05) is 13.8 Å². The lowest BCUT2D eigenvalue weighted by Gasteiger charge is -2.01. The predicted molar refractivity (Wildman–Crippen MR) is 59.6 cm³/mol. The molecule has 0 amide bonds. The summed E-state index contributed by atoms with van der Waals surface area (Å²) in [5.41, 5.74) is 1.24. The van der Waals surface area contributed by atoms with E-state index in [2.05, 4.69) is 0 Å². The van der Waals surface area contributed by atoms with Crippen LogP contribution in [-0.2, 0) is 11.2 Å². The minimum absolute atomic E-state index is 0.0531. The maximum atomic E-state index is 13.4. The topological polar surface area (TPSA) is 17.1 Å². The number of allylic oxidation sites excluding steroid dienone is 2. The average Bonchev–Trinajstić information content (AvgIpc) is 2.11. The van der Waals surface area contributed by atoms with Gasteiger partial charge in [-0.25, -0.2) is 4.39 Å². The molecular weight excluding hydrogens is 215 g/mol. The highest BCUT2D eigenvalue weighted by atomic mass is 35.5. The summed E-state index contributed by atoms with van der Waals surface area (Å²) >= 11 is 5.60. The Morgan fingerprint density at radius 3 is 2.73 bits per heavy atom. The van der Waals surface area contributed by atoms with E-state index in [1.165, 1.54) is 12.1 Å². The lowest BCUT2D eigenvalue weighted by molar-refractivity contribution is -0.114. The first kappa shape index (κ1) is 11.9. The molecule has 0 saturated heterocycles. The van der Waals surface area contributed by atoms with Gasteiger partial charge in [0.2, 0.25) is 0 Å². The van der Waals surface area contributed by atoms with Gasteiger partial charge in [-0.1, -0.05) is 29.3 Å². The molecule has 15 heavy (non-hydrogen) atoms. The Hall–Kier alpha value is -1.15. The fourth-order valence-corrected chi connectivity index (χ4v) is 1.44. The van der Waals surface area contributed by atoms with Gasteiger partial charge in [0.25, 0.3) is 0 Å². The van der Waals surface area contributed by atoms with Crippen LogP contribution in [0.15, 0.2) is 29.8 Å². The van der Waals surface area contributed by atoms with E-state index in [9.17, 15) is 9.18 Å². The smallest absolute Gasteiger partial charge is 0.160 e. The number of benzene rings is 1. The van der Waals surface area contributed by atoms with Crippen LogP contribution in [-0.4, -0.2) is 5.78 Å². The maximum Gasteiger partial charge on any atom is 0.160 e. The largest absolute Gasteiger partial charge is 0.294 e. The molecule has 0 saturated carbocycles. The highest BCUT2D eigenvalue weighted by Gasteiger charge is 2.08. The van der Waals surface area contributed by atoms with Gasteiger partial charge in [-0.05, 0) is 31.6 Å². The summed E-state index contributed by atoms with van der Waals surface area (Å²) in [6, 6.07) is 4.67. The molecule has 1 rings (SSSR count). The van der Waals surface area contributed by atoms with Crippen LogP contribution in [0.4, 0.5) is 4.39 Å². The lowest BCUT2D eigenvalue weighted by atomic mass is 10.1. The summed E-state index contributed by atoms with van der Waals surface area (Å²) in [7, 11) is 0. The van der Waals surface area contributed by atoms with Gasteiger partial charge >= 0.3 is 0 Å². The molecule has 0 heterocycles. The summed E-state index contributed by atoms with van der Waals surface area (Å²) in [6.07, 6.45) is 1.55. The second-order valence-electron chi connectivity index (χ2n) is 3.58. The standard InChI is InChI=1S/C12H12ClFO/c1-8(2)6-10(15)7-9-4-3-5-11(13)12(9)14/h3-6H,7H2,1-2H3. The number of carbonyl (C=O) groups is 1. The number of carbonyl (C=O) groups excluding carboxylic acids is 1. The number of hydrogen-bond acceptors (Lipinski definition) is 1. The fourth-order valence-electron chi connectivity index (χ4n) is 1.25.